The van der Waals surface area contributed by atoms with Crippen molar-refractivity contribution in [2.75, 3.05) is 39.8 Å². The molecule has 1 aromatic carbocycles. The number of aliphatic imine (C=N–C) groups is 1. The Morgan fingerprint density at radius 1 is 1.22 bits per heavy atom. The molecular formula is C19H30F2N4O2. The summed E-state index contributed by atoms with van der Waals surface area (Å²) in [5.41, 5.74) is 0.584. The summed E-state index contributed by atoms with van der Waals surface area (Å²) in [6.45, 7) is 3.58. The van der Waals surface area contributed by atoms with Crippen molar-refractivity contribution in [1.29, 1.82) is 0 Å². The molecule has 0 unspecified atom stereocenters. The number of likely N-dealkylation sites (tertiary alicyclic amines) is 1. The van der Waals surface area contributed by atoms with Gasteiger partial charge < -0.3 is 25.0 Å². The first-order valence-corrected chi connectivity index (χ1v) is 9.50. The maximum atomic E-state index is 12.8. The smallest absolute Gasteiger partial charge is 0.387 e. The Morgan fingerprint density at radius 3 is 2.67 bits per heavy atom. The van der Waals surface area contributed by atoms with Gasteiger partial charge in [-0.2, -0.15) is 8.78 Å². The Morgan fingerprint density at radius 2 is 2.00 bits per heavy atom. The third-order valence-electron chi connectivity index (χ3n) is 4.41. The molecule has 0 amide bonds. The second-order valence-electron chi connectivity index (χ2n) is 6.31. The number of piperidine rings is 1. The van der Waals surface area contributed by atoms with Gasteiger partial charge in [0.05, 0.1) is 6.61 Å². The van der Waals surface area contributed by atoms with Gasteiger partial charge in [-0.05, 0) is 38.9 Å². The van der Waals surface area contributed by atoms with Gasteiger partial charge in [0.2, 0.25) is 0 Å². The van der Waals surface area contributed by atoms with Crippen molar-refractivity contribution in [3.05, 3.63) is 23.8 Å². The van der Waals surface area contributed by atoms with Gasteiger partial charge in [-0.15, -0.1) is 0 Å². The van der Waals surface area contributed by atoms with Gasteiger partial charge in [0.1, 0.15) is 0 Å². The van der Waals surface area contributed by atoms with Crippen molar-refractivity contribution < 1.29 is 18.3 Å². The Kier molecular flexibility index (Phi) is 9.10. The highest BCUT2D eigenvalue weighted by Gasteiger charge is 2.16. The molecule has 1 aliphatic rings. The zero-order valence-electron chi connectivity index (χ0n) is 16.1. The number of rotatable bonds is 9. The van der Waals surface area contributed by atoms with Gasteiger partial charge in [-0.25, -0.2) is 0 Å². The molecule has 2 N–H and O–H groups in total. The molecule has 1 aliphatic heterocycles. The monoisotopic (exact) mass is 384 g/mol. The Labute approximate surface area is 159 Å². The number of para-hydroxylation sites is 1. The number of nitrogens with one attached hydrogen (secondary N) is 2. The standard InChI is InChI=1S/C19H30F2N4O2/c1-3-26-16-9-7-8-15(17(16)27-18(20)21)14-24-19(22-2)23-10-13-25-11-5-4-6-12-25/h7-9,18H,3-6,10-14H2,1-2H3,(H2,22,23,24). The molecule has 1 heterocycles. The van der Waals surface area contributed by atoms with E-state index in [2.05, 4.69) is 20.5 Å². The molecule has 0 atom stereocenters. The molecule has 1 fully saturated rings. The average Bonchev–Trinajstić information content (AvgIpc) is 2.67. The molecule has 0 radical (unpaired) electrons. The molecule has 0 bridgehead atoms. The first-order valence-electron chi connectivity index (χ1n) is 9.50. The number of guanidine groups is 1. The fraction of sp³-hybridized carbons (Fsp3) is 0.632. The van der Waals surface area contributed by atoms with Crippen LogP contribution in [0.2, 0.25) is 0 Å². The zero-order valence-corrected chi connectivity index (χ0v) is 16.1. The van der Waals surface area contributed by atoms with E-state index in [0.717, 1.165) is 26.2 Å². The fourth-order valence-corrected chi connectivity index (χ4v) is 3.11. The van der Waals surface area contributed by atoms with Gasteiger partial charge in [-0.1, -0.05) is 18.6 Å². The highest BCUT2D eigenvalue weighted by atomic mass is 19.3. The maximum Gasteiger partial charge on any atom is 0.387 e. The summed E-state index contributed by atoms with van der Waals surface area (Å²) in [7, 11) is 1.68. The number of hydrogen-bond donors (Lipinski definition) is 2. The molecular weight excluding hydrogens is 354 g/mol. The van der Waals surface area contributed by atoms with Crippen LogP contribution >= 0.6 is 0 Å². The van der Waals surface area contributed by atoms with Gasteiger partial charge in [0.25, 0.3) is 0 Å². The van der Waals surface area contributed by atoms with E-state index in [4.69, 9.17) is 9.47 Å². The number of ether oxygens (including phenoxy) is 2. The van der Waals surface area contributed by atoms with E-state index in [1.165, 1.54) is 19.3 Å². The van der Waals surface area contributed by atoms with Crippen LogP contribution in [0.1, 0.15) is 31.7 Å². The van der Waals surface area contributed by atoms with Gasteiger partial charge in [-0.3, -0.25) is 4.99 Å². The lowest BCUT2D eigenvalue weighted by molar-refractivity contribution is -0.0520. The summed E-state index contributed by atoms with van der Waals surface area (Å²) in [6, 6.07) is 5.11. The Bertz CT molecular complexity index is 593. The minimum absolute atomic E-state index is 0.0608. The minimum Gasteiger partial charge on any atom is -0.490 e. The number of hydrogen-bond acceptors (Lipinski definition) is 4. The van der Waals surface area contributed by atoms with E-state index in [1.54, 1.807) is 32.2 Å². The lowest BCUT2D eigenvalue weighted by Gasteiger charge is -2.26. The van der Waals surface area contributed by atoms with Crippen LogP contribution in [-0.2, 0) is 6.54 Å². The predicted molar refractivity (Wildman–Crippen MR) is 103 cm³/mol. The SMILES string of the molecule is CCOc1cccc(CNC(=NC)NCCN2CCCCC2)c1OC(F)F. The van der Waals surface area contributed by atoms with Crippen molar-refractivity contribution in [3.63, 3.8) is 0 Å². The lowest BCUT2D eigenvalue weighted by atomic mass is 10.1. The first kappa shape index (κ1) is 21.2. The number of alkyl halides is 2. The molecule has 6 nitrogen and oxygen atoms in total. The molecule has 1 saturated heterocycles. The van der Waals surface area contributed by atoms with E-state index in [-0.39, 0.29) is 5.75 Å². The normalized spacial score (nSPS) is 15.7. The largest absolute Gasteiger partial charge is 0.490 e. The highest BCUT2D eigenvalue weighted by Crippen LogP contribution is 2.32. The second-order valence-corrected chi connectivity index (χ2v) is 6.31. The first-order chi connectivity index (χ1) is 13.1. The van der Waals surface area contributed by atoms with Crippen LogP contribution in [0.25, 0.3) is 0 Å². The van der Waals surface area contributed by atoms with Crippen LogP contribution in [0.4, 0.5) is 8.78 Å². The Balaban J connectivity index is 1.89. The maximum absolute atomic E-state index is 12.8. The molecule has 2 rings (SSSR count). The number of nitrogens with zero attached hydrogens (tertiary/aromatic N) is 2. The molecule has 0 aromatic heterocycles. The van der Waals surface area contributed by atoms with Crippen LogP contribution in [0, 0.1) is 0 Å². The third kappa shape index (κ3) is 7.21. The summed E-state index contributed by atoms with van der Waals surface area (Å²) in [4.78, 5) is 6.63. The van der Waals surface area contributed by atoms with Crippen molar-refractivity contribution in [2.45, 2.75) is 39.3 Å². The topological polar surface area (TPSA) is 58.1 Å². The summed E-state index contributed by atoms with van der Waals surface area (Å²) < 4.78 is 35.7. The summed E-state index contributed by atoms with van der Waals surface area (Å²) in [6.07, 6.45) is 3.84. The molecule has 152 valence electrons. The van der Waals surface area contributed by atoms with E-state index in [9.17, 15) is 8.78 Å². The van der Waals surface area contributed by atoms with Gasteiger partial charge in [0, 0.05) is 32.2 Å². The molecule has 0 aliphatic carbocycles. The van der Waals surface area contributed by atoms with Crippen molar-refractivity contribution in [2.24, 2.45) is 4.99 Å². The second kappa shape index (κ2) is 11.6. The number of halogens is 2. The van der Waals surface area contributed by atoms with Crippen LogP contribution in [0.5, 0.6) is 11.5 Å². The summed E-state index contributed by atoms with van der Waals surface area (Å²) >= 11 is 0. The quantitative estimate of drug-likeness (QED) is 0.507. The minimum atomic E-state index is -2.91. The third-order valence-corrected chi connectivity index (χ3v) is 4.41. The fourth-order valence-electron chi connectivity index (χ4n) is 3.11. The van der Waals surface area contributed by atoms with Crippen LogP contribution in [0.3, 0.4) is 0 Å². The molecule has 1 aromatic rings. The molecule has 8 heteroatoms. The van der Waals surface area contributed by atoms with Gasteiger partial charge in [0.15, 0.2) is 17.5 Å². The molecule has 27 heavy (non-hydrogen) atoms. The van der Waals surface area contributed by atoms with Crippen LogP contribution in [0.15, 0.2) is 23.2 Å². The van der Waals surface area contributed by atoms with E-state index in [1.807, 2.05) is 0 Å². The van der Waals surface area contributed by atoms with E-state index in [0.29, 0.717) is 30.4 Å². The highest BCUT2D eigenvalue weighted by molar-refractivity contribution is 5.79. The zero-order chi connectivity index (χ0) is 19.5. The predicted octanol–water partition coefficient (Wildman–Crippen LogP) is 2.84. The molecule has 0 spiro atoms. The van der Waals surface area contributed by atoms with E-state index < -0.39 is 6.61 Å². The van der Waals surface area contributed by atoms with Crippen molar-refractivity contribution in [1.82, 2.24) is 15.5 Å². The van der Waals surface area contributed by atoms with E-state index >= 15 is 0 Å². The lowest BCUT2D eigenvalue weighted by Crippen LogP contribution is -2.42. The summed E-state index contributed by atoms with van der Waals surface area (Å²) in [5, 5.41) is 6.41. The average molecular weight is 384 g/mol. The molecule has 0 saturated carbocycles. The van der Waals surface area contributed by atoms with Gasteiger partial charge >= 0.3 is 6.61 Å². The summed E-state index contributed by atoms with van der Waals surface area (Å²) in [5.74, 6) is 0.993. The van der Waals surface area contributed by atoms with Crippen molar-refractivity contribution >= 4 is 5.96 Å². The Hall–Kier alpha value is -2.09. The number of benzene rings is 1. The van der Waals surface area contributed by atoms with Crippen LogP contribution in [-0.4, -0.2) is 57.3 Å². The van der Waals surface area contributed by atoms with Crippen molar-refractivity contribution in [3.8, 4) is 11.5 Å². The van der Waals surface area contributed by atoms with Crippen LogP contribution < -0.4 is 20.1 Å².